The molecule has 0 aliphatic carbocycles. The number of carbonyl (C=O) groups excluding carboxylic acids is 1. The van der Waals surface area contributed by atoms with E-state index >= 15 is 0 Å². The maximum Gasteiger partial charge on any atom is 0.273 e. The summed E-state index contributed by atoms with van der Waals surface area (Å²) in [5.41, 5.74) is 9.36. The molecule has 0 unspecified atom stereocenters. The summed E-state index contributed by atoms with van der Waals surface area (Å²) in [6, 6.07) is 12.7. The predicted octanol–water partition coefficient (Wildman–Crippen LogP) is 4.69. The third-order valence-corrected chi connectivity index (χ3v) is 5.34. The van der Waals surface area contributed by atoms with Crippen LogP contribution < -0.4 is 5.43 Å². The van der Waals surface area contributed by atoms with Gasteiger partial charge in [0, 0.05) is 34.3 Å². The number of amides is 1. The van der Waals surface area contributed by atoms with Crippen LogP contribution in [0.2, 0.25) is 0 Å². The van der Waals surface area contributed by atoms with Crippen molar-refractivity contribution in [2.45, 2.75) is 34.6 Å². The molecule has 7 nitrogen and oxygen atoms in total. The number of aromatic nitrogens is 1. The van der Waals surface area contributed by atoms with E-state index in [1.54, 1.807) is 19.2 Å². The fraction of sp³-hybridized carbons (Fsp3) is 0.217. The van der Waals surface area contributed by atoms with Crippen LogP contribution in [0.15, 0.2) is 47.6 Å². The number of nitrogens with zero attached hydrogens (tertiary/aromatic N) is 3. The van der Waals surface area contributed by atoms with Gasteiger partial charge in [0.1, 0.15) is 0 Å². The molecule has 0 aliphatic heterocycles. The minimum absolute atomic E-state index is 0.0939. The lowest BCUT2D eigenvalue weighted by Gasteiger charge is -2.11. The Morgan fingerprint density at radius 3 is 2.47 bits per heavy atom. The zero-order chi connectivity index (χ0) is 22.0. The Hall–Kier alpha value is -3.74. The van der Waals surface area contributed by atoms with Gasteiger partial charge in [-0.25, -0.2) is 5.43 Å². The second kappa shape index (κ2) is 8.32. The fourth-order valence-corrected chi connectivity index (χ4v) is 3.47. The fourth-order valence-electron chi connectivity index (χ4n) is 3.47. The first kappa shape index (κ1) is 21.0. The van der Waals surface area contributed by atoms with Crippen molar-refractivity contribution < 1.29 is 9.72 Å². The van der Waals surface area contributed by atoms with E-state index in [1.807, 2.05) is 19.9 Å². The van der Waals surface area contributed by atoms with E-state index in [-0.39, 0.29) is 11.3 Å². The van der Waals surface area contributed by atoms with Gasteiger partial charge in [-0.2, -0.15) is 5.10 Å². The number of hydrazone groups is 1. The van der Waals surface area contributed by atoms with Crippen LogP contribution in [0.4, 0.5) is 5.69 Å². The highest BCUT2D eigenvalue weighted by Gasteiger charge is 2.17. The van der Waals surface area contributed by atoms with Crippen LogP contribution in [0.25, 0.3) is 5.69 Å². The standard InChI is InChI=1S/C23H24N4O3/c1-14-9-10-20(11-15(14)2)26-16(3)12-19(18(26)5)13-24-25-23(28)21-7-6-8-22(17(21)4)27(29)30/h6-13H,1-5H3,(H,25,28)/b24-13-. The first-order valence-electron chi connectivity index (χ1n) is 9.54. The largest absolute Gasteiger partial charge is 0.318 e. The first-order valence-corrected chi connectivity index (χ1v) is 9.54. The molecule has 1 aromatic heterocycles. The number of rotatable bonds is 5. The summed E-state index contributed by atoms with van der Waals surface area (Å²) < 4.78 is 2.14. The van der Waals surface area contributed by atoms with Gasteiger partial charge in [-0.15, -0.1) is 0 Å². The van der Waals surface area contributed by atoms with E-state index in [1.165, 1.54) is 23.3 Å². The minimum Gasteiger partial charge on any atom is -0.318 e. The number of aryl methyl sites for hydroxylation is 3. The maximum atomic E-state index is 12.4. The molecular formula is C23H24N4O3. The smallest absolute Gasteiger partial charge is 0.273 e. The lowest BCUT2D eigenvalue weighted by molar-refractivity contribution is -0.385. The summed E-state index contributed by atoms with van der Waals surface area (Å²) in [6.07, 6.45) is 1.59. The van der Waals surface area contributed by atoms with Crippen LogP contribution in [-0.4, -0.2) is 21.6 Å². The Labute approximate surface area is 175 Å². The quantitative estimate of drug-likeness (QED) is 0.380. The van der Waals surface area contributed by atoms with Crippen molar-refractivity contribution in [1.29, 1.82) is 0 Å². The van der Waals surface area contributed by atoms with Gasteiger partial charge >= 0.3 is 0 Å². The molecule has 0 atom stereocenters. The van der Waals surface area contributed by atoms with Crippen molar-refractivity contribution >= 4 is 17.8 Å². The third-order valence-electron chi connectivity index (χ3n) is 5.34. The Bertz CT molecular complexity index is 1180. The molecule has 0 fully saturated rings. The highest BCUT2D eigenvalue weighted by molar-refractivity contribution is 5.97. The Morgan fingerprint density at radius 2 is 1.80 bits per heavy atom. The van der Waals surface area contributed by atoms with Crippen LogP contribution in [0.1, 0.15) is 44.0 Å². The molecular weight excluding hydrogens is 380 g/mol. The lowest BCUT2D eigenvalue weighted by atomic mass is 10.1. The number of nitrogens with one attached hydrogen (secondary N) is 1. The third kappa shape index (κ3) is 4.00. The molecule has 0 aliphatic rings. The second-order valence-electron chi connectivity index (χ2n) is 7.34. The first-order chi connectivity index (χ1) is 14.2. The van der Waals surface area contributed by atoms with Gasteiger partial charge < -0.3 is 4.57 Å². The summed E-state index contributed by atoms with van der Waals surface area (Å²) in [4.78, 5) is 23.0. The molecule has 3 rings (SSSR count). The summed E-state index contributed by atoms with van der Waals surface area (Å²) in [5.74, 6) is -0.490. The molecule has 0 radical (unpaired) electrons. The van der Waals surface area contributed by atoms with Crippen molar-refractivity contribution in [1.82, 2.24) is 9.99 Å². The number of carbonyl (C=O) groups is 1. The Balaban J connectivity index is 1.82. The molecule has 2 aromatic carbocycles. The van der Waals surface area contributed by atoms with Gasteiger partial charge in [-0.05, 0) is 70.0 Å². The van der Waals surface area contributed by atoms with Crippen molar-refractivity contribution in [3.8, 4) is 5.69 Å². The molecule has 0 spiro atoms. The minimum atomic E-state index is -0.503. The monoisotopic (exact) mass is 404 g/mol. The number of hydrogen-bond donors (Lipinski definition) is 1. The van der Waals surface area contributed by atoms with E-state index in [0.717, 1.165) is 22.6 Å². The molecule has 154 valence electrons. The van der Waals surface area contributed by atoms with Crippen LogP contribution in [0.5, 0.6) is 0 Å². The highest BCUT2D eigenvalue weighted by Crippen LogP contribution is 2.22. The van der Waals surface area contributed by atoms with Crippen molar-refractivity contribution in [2.75, 3.05) is 0 Å². The lowest BCUT2D eigenvalue weighted by Crippen LogP contribution is -2.19. The van der Waals surface area contributed by atoms with E-state index in [4.69, 9.17) is 0 Å². The van der Waals surface area contributed by atoms with Gasteiger partial charge in [0.25, 0.3) is 11.6 Å². The average molecular weight is 404 g/mol. The Morgan fingerprint density at radius 1 is 1.07 bits per heavy atom. The van der Waals surface area contributed by atoms with Crippen molar-refractivity contribution in [3.63, 3.8) is 0 Å². The molecule has 0 bridgehead atoms. The van der Waals surface area contributed by atoms with E-state index in [0.29, 0.717) is 5.56 Å². The molecule has 0 saturated heterocycles. The van der Waals surface area contributed by atoms with E-state index in [2.05, 4.69) is 47.1 Å². The van der Waals surface area contributed by atoms with E-state index in [9.17, 15) is 14.9 Å². The summed E-state index contributed by atoms with van der Waals surface area (Å²) in [6.45, 7) is 9.73. The zero-order valence-electron chi connectivity index (χ0n) is 17.7. The zero-order valence-corrected chi connectivity index (χ0v) is 17.7. The van der Waals surface area contributed by atoms with Crippen LogP contribution >= 0.6 is 0 Å². The second-order valence-corrected chi connectivity index (χ2v) is 7.34. The Kier molecular flexibility index (Phi) is 5.82. The van der Waals surface area contributed by atoms with Gasteiger partial charge in [-0.1, -0.05) is 12.1 Å². The predicted molar refractivity (Wildman–Crippen MR) is 118 cm³/mol. The van der Waals surface area contributed by atoms with Gasteiger partial charge in [-0.3, -0.25) is 14.9 Å². The van der Waals surface area contributed by atoms with Crippen LogP contribution in [-0.2, 0) is 0 Å². The van der Waals surface area contributed by atoms with Crippen molar-refractivity contribution in [3.05, 3.63) is 91.8 Å². The summed E-state index contributed by atoms with van der Waals surface area (Å²) in [7, 11) is 0. The highest BCUT2D eigenvalue weighted by atomic mass is 16.6. The van der Waals surface area contributed by atoms with Gasteiger partial charge in [0.2, 0.25) is 0 Å². The molecule has 0 saturated carbocycles. The molecule has 1 N–H and O–H groups in total. The van der Waals surface area contributed by atoms with E-state index < -0.39 is 10.8 Å². The number of nitro groups is 1. The normalized spacial score (nSPS) is 11.1. The number of nitro benzene ring substituents is 1. The SMILES string of the molecule is Cc1ccc(-n2c(C)cc(/C=N\NC(=O)c3cccc([N+](=O)[O-])c3C)c2C)cc1C. The van der Waals surface area contributed by atoms with Crippen LogP contribution in [0, 0.1) is 44.7 Å². The molecule has 7 heteroatoms. The molecule has 3 aromatic rings. The summed E-state index contributed by atoms with van der Waals surface area (Å²) >= 11 is 0. The van der Waals surface area contributed by atoms with Crippen molar-refractivity contribution in [2.24, 2.45) is 5.10 Å². The number of hydrogen-bond acceptors (Lipinski definition) is 4. The van der Waals surface area contributed by atoms with Gasteiger partial charge in [0.05, 0.1) is 16.7 Å². The average Bonchev–Trinajstić information content (AvgIpc) is 2.97. The molecule has 1 heterocycles. The molecule has 30 heavy (non-hydrogen) atoms. The maximum absolute atomic E-state index is 12.4. The van der Waals surface area contributed by atoms with Crippen LogP contribution in [0.3, 0.4) is 0 Å². The number of benzene rings is 2. The molecule has 1 amide bonds. The summed E-state index contributed by atoms with van der Waals surface area (Å²) in [5, 5.41) is 15.1. The topological polar surface area (TPSA) is 89.5 Å². The van der Waals surface area contributed by atoms with Gasteiger partial charge in [0.15, 0.2) is 0 Å².